The lowest BCUT2D eigenvalue weighted by Crippen LogP contribution is -2.09. The van der Waals surface area contributed by atoms with Gasteiger partial charge >= 0.3 is 0 Å². The van der Waals surface area contributed by atoms with Crippen LogP contribution in [0.25, 0.3) is 44.8 Å². The summed E-state index contributed by atoms with van der Waals surface area (Å²) >= 11 is 3.58. The van der Waals surface area contributed by atoms with Gasteiger partial charge in [0.1, 0.15) is 0 Å². The van der Waals surface area contributed by atoms with E-state index in [0.29, 0.717) is 0 Å². The van der Waals surface area contributed by atoms with E-state index in [-0.39, 0.29) is 0 Å². The highest BCUT2D eigenvalue weighted by atomic mass is 79.9. The minimum atomic E-state index is 1.10. The maximum Gasteiger partial charge on any atom is 0.0468 e. The van der Waals surface area contributed by atoms with Crippen LogP contribution in [0, 0.1) is 0 Å². The summed E-state index contributed by atoms with van der Waals surface area (Å²) in [6, 6.07) is 149. The number of para-hydroxylation sites is 8. The van der Waals surface area contributed by atoms with Gasteiger partial charge in [-0.2, -0.15) is 0 Å². The molecule has 0 saturated carbocycles. The Labute approximate surface area is 601 Å². The smallest absolute Gasteiger partial charge is 0.0468 e. The minimum absolute atomic E-state index is 1.10. The molecule has 0 spiro atoms. The van der Waals surface area contributed by atoms with E-state index in [1.807, 2.05) is 60.7 Å². The van der Waals surface area contributed by atoms with Crippen LogP contribution in [0.1, 0.15) is 33.4 Å². The fraction of sp³-hybridized carbons (Fsp3) is 0. The van der Waals surface area contributed by atoms with E-state index in [9.17, 15) is 0 Å². The van der Waals surface area contributed by atoms with Gasteiger partial charge in [-0.1, -0.05) is 283 Å². The number of halogens is 1. The largest absolute Gasteiger partial charge is 0.356 e. The van der Waals surface area contributed by atoms with Crippen LogP contribution in [-0.2, 0) is 0 Å². The maximum atomic E-state index is 3.58. The van der Waals surface area contributed by atoms with Gasteiger partial charge in [0.15, 0.2) is 0 Å². The molecule has 484 valence electrons. The molecule has 16 aromatic carbocycles. The van der Waals surface area contributed by atoms with Gasteiger partial charge < -0.3 is 20.0 Å². The Morgan fingerprint density at radius 1 is 0.208 bits per heavy atom. The van der Waals surface area contributed by atoms with E-state index in [1.165, 1.54) is 54.9 Å². The molecule has 1 N–H and O–H groups in total. The Hall–Kier alpha value is -12.8. The third kappa shape index (κ3) is 16.6. The van der Waals surface area contributed by atoms with Crippen molar-refractivity contribution in [3.63, 3.8) is 0 Å². The zero-order valence-corrected chi connectivity index (χ0v) is 57.4. The molecule has 0 amide bonds. The highest BCUT2D eigenvalue weighted by Crippen LogP contribution is 2.40. The van der Waals surface area contributed by atoms with Gasteiger partial charge in [-0.15, -0.1) is 0 Å². The zero-order valence-electron chi connectivity index (χ0n) is 55.8. The Morgan fingerprint density at radius 3 is 0.782 bits per heavy atom. The lowest BCUT2D eigenvalue weighted by molar-refractivity contribution is 1.28. The molecule has 16 rings (SSSR count). The van der Waals surface area contributed by atoms with Crippen molar-refractivity contribution < 1.29 is 0 Å². The van der Waals surface area contributed by atoms with Gasteiger partial charge in [0.05, 0.1) is 0 Å². The molecule has 0 aliphatic heterocycles. The first kappa shape index (κ1) is 65.5. The highest BCUT2D eigenvalue weighted by molar-refractivity contribution is 9.10. The van der Waals surface area contributed by atoms with Crippen LogP contribution in [-0.4, -0.2) is 0 Å². The number of hydrogen-bond acceptors (Lipinski definition) is 4. The first-order valence-electron chi connectivity index (χ1n) is 34.1. The molecule has 0 unspecified atom stereocenters. The molecule has 0 bridgehead atoms. The summed E-state index contributed by atoms with van der Waals surface area (Å²) in [6.45, 7) is 0. The standard InChI is InChI=1S/C48H36N2.C36H26BrN.C12H11N/c1-6-16-38(17-7-1)48(39-28-31-46(32-29-39)49(42-18-8-2-9-19-42)43-20-10-3-11-21-43)35-37-26-27-41-36-47(33-30-40(41)34-37)50(44-22-12-4-13-23-44)45-24-14-5-15-25-45;37-32-21-18-30-24-27(16-17-31(30)26-32)25-36(28-10-4-1-5-11-28)29-19-22-35(23-20-29)38(33-12-6-2-7-13-33)34-14-8-3-9-15-34;1-3-7-11(8-4-1)13-12-9-5-2-6-10-12/h1-36H;1-26H;1-10,13H/b48-35+;36-25+;. The van der Waals surface area contributed by atoms with Crippen LogP contribution in [0.5, 0.6) is 0 Å². The molecule has 0 aliphatic carbocycles. The molecule has 0 fully saturated rings. The zero-order chi connectivity index (χ0) is 68.2. The van der Waals surface area contributed by atoms with Gasteiger partial charge in [0.25, 0.3) is 0 Å². The molecule has 0 aromatic heterocycles. The molecule has 0 saturated heterocycles. The van der Waals surface area contributed by atoms with Gasteiger partial charge in [0.2, 0.25) is 0 Å². The highest BCUT2D eigenvalue weighted by Gasteiger charge is 2.17. The number of rotatable bonds is 17. The number of nitrogens with one attached hydrogen (secondary N) is 1. The molecule has 5 heteroatoms. The summed E-state index contributed by atoms with van der Waals surface area (Å²) in [4.78, 5) is 6.89. The summed E-state index contributed by atoms with van der Waals surface area (Å²) in [5, 5.41) is 8.16. The summed E-state index contributed by atoms with van der Waals surface area (Å²) in [5.74, 6) is 0. The Morgan fingerprint density at radius 2 is 0.446 bits per heavy atom. The SMILES string of the molecule is Brc1ccc2cc(/C=C(\c3ccccc3)c3ccc(N(c4ccccc4)c4ccccc4)cc3)ccc2c1.C(=C(/c1ccccc1)c1ccc(N(c2ccccc2)c2ccccc2)cc1)/c1ccc2cc(N(c3ccccc3)c3ccccc3)ccc2c1.c1ccc(Nc2ccccc2)cc1. The molecular formula is C96H73BrN4. The third-order valence-corrected chi connectivity index (χ3v) is 18.0. The van der Waals surface area contributed by atoms with Crippen LogP contribution >= 0.6 is 15.9 Å². The van der Waals surface area contributed by atoms with E-state index >= 15 is 0 Å². The van der Waals surface area contributed by atoms with Crippen LogP contribution in [0.4, 0.5) is 62.6 Å². The van der Waals surface area contributed by atoms with Gasteiger partial charge in [-0.3, -0.25) is 0 Å². The van der Waals surface area contributed by atoms with Crippen molar-refractivity contribution in [2.24, 2.45) is 0 Å². The van der Waals surface area contributed by atoms with Crippen molar-refractivity contribution in [2.45, 2.75) is 0 Å². The molecular weight excluding hydrogens is 1290 g/mol. The fourth-order valence-corrected chi connectivity index (χ4v) is 13.0. The fourth-order valence-electron chi connectivity index (χ4n) is 12.6. The van der Waals surface area contributed by atoms with Crippen molar-refractivity contribution in [1.29, 1.82) is 0 Å². The molecule has 0 atom stereocenters. The average molecular weight is 1360 g/mol. The molecule has 16 aromatic rings. The van der Waals surface area contributed by atoms with Gasteiger partial charge in [0, 0.05) is 67.0 Å². The number of fused-ring (bicyclic) bond motifs is 2. The first-order chi connectivity index (χ1) is 50.0. The maximum absolute atomic E-state index is 3.58. The predicted octanol–water partition coefficient (Wildman–Crippen LogP) is 27.5. The van der Waals surface area contributed by atoms with Crippen molar-refractivity contribution in [2.75, 3.05) is 20.0 Å². The predicted molar refractivity (Wildman–Crippen MR) is 436 cm³/mol. The van der Waals surface area contributed by atoms with Crippen LogP contribution in [0.15, 0.2) is 429 Å². The Balaban J connectivity index is 0.000000149. The summed E-state index contributed by atoms with van der Waals surface area (Å²) in [7, 11) is 0. The van der Waals surface area contributed by atoms with Crippen molar-refractivity contribution >= 4 is 123 Å². The van der Waals surface area contributed by atoms with E-state index in [2.05, 4.69) is 412 Å². The second-order valence-corrected chi connectivity index (χ2v) is 25.3. The van der Waals surface area contributed by atoms with E-state index < -0.39 is 0 Å². The van der Waals surface area contributed by atoms with Gasteiger partial charge in [-0.05, 0) is 236 Å². The monoisotopic (exact) mass is 1360 g/mol. The minimum Gasteiger partial charge on any atom is -0.356 e. The topological polar surface area (TPSA) is 21.8 Å². The third-order valence-electron chi connectivity index (χ3n) is 17.5. The molecule has 0 heterocycles. The van der Waals surface area contributed by atoms with Crippen LogP contribution in [0.3, 0.4) is 0 Å². The quantitative estimate of drug-likeness (QED) is 0.0917. The lowest BCUT2D eigenvalue weighted by Gasteiger charge is -2.25. The van der Waals surface area contributed by atoms with E-state index in [0.717, 1.165) is 78.2 Å². The first-order valence-corrected chi connectivity index (χ1v) is 34.9. The van der Waals surface area contributed by atoms with Crippen molar-refractivity contribution in [3.05, 3.63) is 462 Å². The second kappa shape index (κ2) is 32.5. The van der Waals surface area contributed by atoms with Gasteiger partial charge in [-0.25, -0.2) is 0 Å². The van der Waals surface area contributed by atoms with Crippen molar-refractivity contribution in [3.8, 4) is 0 Å². The number of hydrogen-bond donors (Lipinski definition) is 1. The van der Waals surface area contributed by atoms with Crippen LogP contribution < -0.4 is 20.0 Å². The Kier molecular flexibility index (Phi) is 21.1. The number of benzene rings is 16. The average Bonchev–Trinajstić information content (AvgIpc) is 0.801. The Bertz CT molecular complexity index is 5170. The lowest BCUT2D eigenvalue weighted by atomic mass is 9.94. The normalized spacial score (nSPS) is 11.1. The number of nitrogens with zero attached hydrogens (tertiary/aromatic N) is 3. The summed E-state index contributed by atoms with van der Waals surface area (Å²) < 4.78 is 1.10. The summed E-state index contributed by atoms with van der Waals surface area (Å²) in [6.07, 6.45) is 4.60. The van der Waals surface area contributed by atoms with Crippen molar-refractivity contribution in [1.82, 2.24) is 0 Å². The van der Waals surface area contributed by atoms with E-state index in [1.54, 1.807) is 0 Å². The van der Waals surface area contributed by atoms with Crippen LogP contribution in [0.2, 0.25) is 0 Å². The number of anilines is 11. The molecule has 101 heavy (non-hydrogen) atoms. The molecule has 0 radical (unpaired) electrons. The second-order valence-electron chi connectivity index (χ2n) is 24.4. The summed E-state index contributed by atoms with van der Waals surface area (Å²) in [5.41, 5.74) is 21.8. The molecule has 4 nitrogen and oxygen atoms in total. The van der Waals surface area contributed by atoms with E-state index in [4.69, 9.17) is 0 Å². The molecule has 0 aliphatic rings.